The number of anilines is 1. The van der Waals surface area contributed by atoms with Crippen molar-refractivity contribution >= 4 is 11.5 Å². The van der Waals surface area contributed by atoms with E-state index in [1.54, 1.807) is 0 Å². The highest BCUT2D eigenvalue weighted by atomic mass is 16.1. The molecule has 0 fully saturated rings. The second-order valence-corrected chi connectivity index (χ2v) is 3.79. The third-order valence-corrected chi connectivity index (χ3v) is 2.50. The molecule has 0 atom stereocenters. The summed E-state index contributed by atoms with van der Waals surface area (Å²) in [6, 6.07) is 7.55. The summed E-state index contributed by atoms with van der Waals surface area (Å²) < 4.78 is 0. The van der Waals surface area contributed by atoms with Crippen LogP contribution in [0.25, 0.3) is 0 Å². The van der Waals surface area contributed by atoms with Gasteiger partial charge in [-0.05, 0) is 24.1 Å². The minimum Gasteiger partial charge on any atom is -0.399 e. The molecule has 2 rings (SSSR count). The maximum absolute atomic E-state index is 11.8. The predicted molar refractivity (Wildman–Crippen MR) is 65.5 cm³/mol. The van der Waals surface area contributed by atoms with Gasteiger partial charge in [0.1, 0.15) is 6.33 Å². The van der Waals surface area contributed by atoms with Gasteiger partial charge in [-0.2, -0.15) is 0 Å². The van der Waals surface area contributed by atoms with Crippen molar-refractivity contribution in [2.45, 2.75) is 12.8 Å². The molecule has 1 aromatic carbocycles. The molecular formula is C13H13N3O. The molecule has 0 bridgehead atoms. The van der Waals surface area contributed by atoms with E-state index in [1.807, 2.05) is 24.3 Å². The van der Waals surface area contributed by atoms with E-state index in [2.05, 4.69) is 9.97 Å². The Balaban J connectivity index is 1.95. The van der Waals surface area contributed by atoms with Crippen molar-refractivity contribution in [3.8, 4) is 0 Å². The first kappa shape index (κ1) is 11.3. The van der Waals surface area contributed by atoms with Crippen LogP contribution in [0.5, 0.6) is 0 Å². The van der Waals surface area contributed by atoms with Crippen LogP contribution in [0, 0.1) is 0 Å². The molecule has 1 heterocycles. The first-order valence-corrected chi connectivity index (χ1v) is 5.38. The highest BCUT2D eigenvalue weighted by molar-refractivity contribution is 5.95. The van der Waals surface area contributed by atoms with Gasteiger partial charge in [-0.15, -0.1) is 0 Å². The Labute approximate surface area is 99.5 Å². The Morgan fingerprint density at radius 2 is 1.76 bits per heavy atom. The van der Waals surface area contributed by atoms with Crippen LogP contribution < -0.4 is 5.73 Å². The average Bonchev–Trinajstić information content (AvgIpc) is 2.39. The molecule has 17 heavy (non-hydrogen) atoms. The lowest BCUT2D eigenvalue weighted by atomic mass is 10.0. The van der Waals surface area contributed by atoms with E-state index in [9.17, 15) is 4.79 Å². The number of aromatic nitrogens is 2. The largest absolute Gasteiger partial charge is 0.399 e. The van der Waals surface area contributed by atoms with Gasteiger partial charge in [-0.1, -0.05) is 12.1 Å². The summed E-state index contributed by atoms with van der Waals surface area (Å²) in [4.78, 5) is 19.4. The Kier molecular flexibility index (Phi) is 3.45. The zero-order valence-corrected chi connectivity index (χ0v) is 9.34. The molecule has 0 saturated carbocycles. The molecule has 0 amide bonds. The van der Waals surface area contributed by atoms with Crippen molar-refractivity contribution in [2.24, 2.45) is 0 Å². The highest BCUT2D eigenvalue weighted by Gasteiger charge is 2.06. The summed E-state index contributed by atoms with van der Waals surface area (Å²) in [7, 11) is 0. The fraction of sp³-hybridized carbons (Fsp3) is 0.154. The van der Waals surface area contributed by atoms with E-state index in [0.717, 1.165) is 11.3 Å². The third kappa shape index (κ3) is 3.11. The Hall–Kier alpha value is -2.23. The van der Waals surface area contributed by atoms with Gasteiger partial charge >= 0.3 is 0 Å². The number of benzene rings is 1. The number of nitrogen functional groups attached to an aromatic ring is 1. The SMILES string of the molecule is Nc1ccc(CCC(=O)c2cncnc2)cc1. The average molecular weight is 227 g/mol. The number of carbonyl (C=O) groups is 1. The maximum atomic E-state index is 11.8. The molecule has 2 N–H and O–H groups in total. The first-order chi connectivity index (χ1) is 8.25. The molecule has 4 nitrogen and oxygen atoms in total. The van der Waals surface area contributed by atoms with Crippen LogP contribution in [0.4, 0.5) is 5.69 Å². The van der Waals surface area contributed by atoms with Crippen molar-refractivity contribution in [1.82, 2.24) is 9.97 Å². The summed E-state index contributed by atoms with van der Waals surface area (Å²) in [5, 5.41) is 0. The van der Waals surface area contributed by atoms with Gasteiger partial charge < -0.3 is 5.73 Å². The van der Waals surface area contributed by atoms with Crippen LogP contribution in [-0.2, 0) is 6.42 Å². The summed E-state index contributed by atoms with van der Waals surface area (Å²) in [6.45, 7) is 0. The zero-order valence-electron chi connectivity index (χ0n) is 9.34. The molecule has 0 aliphatic carbocycles. The van der Waals surface area contributed by atoms with E-state index in [-0.39, 0.29) is 5.78 Å². The van der Waals surface area contributed by atoms with E-state index < -0.39 is 0 Å². The predicted octanol–water partition coefficient (Wildman–Crippen LogP) is 1.87. The molecule has 86 valence electrons. The number of Topliss-reactive ketones (excluding diaryl/α,β-unsaturated/α-hetero) is 1. The van der Waals surface area contributed by atoms with Crippen molar-refractivity contribution in [1.29, 1.82) is 0 Å². The lowest BCUT2D eigenvalue weighted by Crippen LogP contribution is -2.02. The maximum Gasteiger partial charge on any atom is 0.166 e. The van der Waals surface area contributed by atoms with Crippen molar-refractivity contribution < 1.29 is 4.79 Å². The summed E-state index contributed by atoms with van der Waals surface area (Å²) in [6.07, 6.45) is 5.65. The number of carbonyl (C=O) groups excluding carboxylic acids is 1. The van der Waals surface area contributed by atoms with E-state index in [1.165, 1.54) is 18.7 Å². The smallest absolute Gasteiger partial charge is 0.166 e. The highest BCUT2D eigenvalue weighted by Crippen LogP contribution is 2.09. The van der Waals surface area contributed by atoms with E-state index >= 15 is 0 Å². The van der Waals surface area contributed by atoms with Crippen molar-refractivity contribution in [3.05, 3.63) is 54.1 Å². The molecular weight excluding hydrogens is 214 g/mol. The molecule has 1 aromatic heterocycles. The van der Waals surface area contributed by atoms with Crippen molar-refractivity contribution in [3.63, 3.8) is 0 Å². The van der Waals surface area contributed by atoms with Crippen LogP contribution >= 0.6 is 0 Å². The molecule has 0 aliphatic rings. The number of rotatable bonds is 4. The third-order valence-electron chi connectivity index (χ3n) is 2.50. The monoisotopic (exact) mass is 227 g/mol. The van der Waals surface area contributed by atoms with Gasteiger partial charge in [0.2, 0.25) is 0 Å². The Morgan fingerprint density at radius 1 is 1.12 bits per heavy atom. The van der Waals surface area contributed by atoms with Gasteiger partial charge in [-0.25, -0.2) is 9.97 Å². The van der Waals surface area contributed by atoms with Crippen LogP contribution in [0.15, 0.2) is 43.0 Å². The molecule has 2 aromatic rings. The fourth-order valence-electron chi connectivity index (χ4n) is 1.53. The molecule has 0 radical (unpaired) electrons. The topological polar surface area (TPSA) is 68.9 Å². The van der Waals surface area contributed by atoms with Gasteiger partial charge in [0.15, 0.2) is 5.78 Å². The number of nitrogens with zero attached hydrogens (tertiary/aromatic N) is 2. The summed E-state index contributed by atoms with van der Waals surface area (Å²) in [5.74, 6) is 0.0578. The minimum atomic E-state index is 0.0578. The summed E-state index contributed by atoms with van der Waals surface area (Å²) >= 11 is 0. The Bertz CT molecular complexity index is 494. The van der Waals surface area contributed by atoms with E-state index in [0.29, 0.717) is 18.4 Å². The fourth-order valence-corrected chi connectivity index (χ4v) is 1.53. The molecule has 4 heteroatoms. The Morgan fingerprint density at radius 3 is 2.41 bits per heavy atom. The number of nitrogens with two attached hydrogens (primary N) is 1. The number of hydrogen-bond acceptors (Lipinski definition) is 4. The summed E-state index contributed by atoms with van der Waals surface area (Å²) in [5.41, 5.74) is 7.98. The molecule has 0 saturated heterocycles. The second-order valence-electron chi connectivity index (χ2n) is 3.79. The second kappa shape index (κ2) is 5.21. The molecule has 0 spiro atoms. The molecule has 0 unspecified atom stereocenters. The lowest BCUT2D eigenvalue weighted by molar-refractivity contribution is 0.0982. The number of hydrogen-bond donors (Lipinski definition) is 1. The number of aryl methyl sites for hydroxylation is 1. The van der Waals surface area contributed by atoms with Crippen molar-refractivity contribution in [2.75, 3.05) is 5.73 Å². The quantitative estimate of drug-likeness (QED) is 0.639. The van der Waals surface area contributed by atoms with E-state index in [4.69, 9.17) is 5.73 Å². The van der Waals surface area contributed by atoms with Crippen LogP contribution in [0.1, 0.15) is 22.3 Å². The minimum absolute atomic E-state index is 0.0578. The van der Waals surface area contributed by atoms with Gasteiger partial charge in [0.25, 0.3) is 0 Å². The molecule has 0 aliphatic heterocycles. The van der Waals surface area contributed by atoms with Gasteiger partial charge in [-0.3, -0.25) is 4.79 Å². The van der Waals surface area contributed by atoms with Crippen LogP contribution in [-0.4, -0.2) is 15.8 Å². The number of ketones is 1. The normalized spacial score (nSPS) is 10.1. The standard InChI is InChI=1S/C13H13N3O/c14-12-4-1-10(2-5-12)3-6-13(17)11-7-15-9-16-8-11/h1-2,4-5,7-9H,3,6,14H2. The lowest BCUT2D eigenvalue weighted by Gasteiger charge is -2.01. The van der Waals surface area contributed by atoms with Gasteiger partial charge in [0.05, 0.1) is 5.56 Å². The zero-order chi connectivity index (χ0) is 12.1. The van der Waals surface area contributed by atoms with Gasteiger partial charge in [0, 0.05) is 24.5 Å². The first-order valence-electron chi connectivity index (χ1n) is 5.38. The van der Waals surface area contributed by atoms with Crippen LogP contribution in [0.3, 0.4) is 0 Å². The van der Waals surface area contributed by atoms with Crippen LogP contribution in [0.2, 0.25) is 0 Å².